The molecule has 1 heterocycles. The molecule has 88 valence electrons. The highest BCUT2D eigenvalue weighted by Gasteiger charge is 1.97. The van der Waals surface area contributed by atoms with E-state index in [1.165, 1.54) is 5.56 Å². The number of anilines is 1. The van der Waals surface area contributed by atoms with Crippen molar-refractivity contribution < 1.29 is 0 Å². The summed E-state index contributed by atoms with van der Waals surface area (Å²) >= 11 is 0. The maximum Gasteiger partial charge on any atom is 0.149 e. The zero-order valence-corrected chi connectivity index (χ0v) is 9.85. The van der Waals surface area contributed by atoms with Crippen LogP contribution in [0.5, 0.6) is 0 Å². The number of hydrogen-bond donors (Lipinski definition) is 2. The first-order valence-corrected chi connectivity index (χ1v) is 5.59. The van der Waals surface area contributed by atoms with Crippen molar-refractivity contribution in [3.63, 3.8) is 0 Å². The summed E-state index contributed by atoms with van der Waals surface area (Å²) < 4.78 is 0. The average Bonchev–Trinajstić information content (AvgIpc) is 2.37. The van der Waals surface area contributed by atoms with Gasteiger partial charge in [-0.25, -0.2) is 0 Å². The second-order valence-corrected chi connectivity index (χ2v) is 4.00. The summed E-state index contributed by atoms with van der Waals surface area (Å²) in [6.45, 7) is 3.29. The van der Waals surface area contributed by atoms with E-state index in [0.29, 0.717) is 6.54 Å². The van der Waals surface area contributed by atoms with Crippen LogP contribution in [-0.4, -0.2) is 10.2 Å². The van der Waals surface area contributed by atoms with E-state index < -0.39 is 0 Å². The van der Waals surface area contributed by atoms with Crippen molar-refractivity contribution in [1.82, 2.24) is 10.2 Å². The van der Waals surface area contributed by atoms with Gasteiger partial charge in [-0.2, -0.15) is 5.10 Å². The lowest BCUT2D eigenvalue weighted by molar-refractivity contribution is 0.984. The number of nitrogens with two attached hydrogens (primary N) is 1. The molecule has 2 rings (SSSR count). The molecule has 17 heavy (non-hydrogen) atoms. The van der Waals surface area contributed by atoms with Crippen molar-refractivity contribution in [1.29, 1.82) is 0 Å². The molecule has 1 aromatic carbocycles. The van der Waals surface area contributed by atoms with Gasteiger partial charge in [-0.1, -0.05) is 24.3 Å². The zero-order valence-electron chi connectivity index (χ0n) is 9.85. The molecule has 0 saturated heterocycles. The Morgan fingerprint density at radius 2 is 2.06 bits per heavy atom. The first kappa shape index (κ1) is 11.5. The number of aromatic nitrogens is 2. The molecule has 0 unspecified atom stereocenters. The Balaban J connectivity index is 2.02. The Morgan fingerprint density at radius 3 is 2.82 bits per heavy atom. The molecule has 0 saturated carbocycles. The van der Waals surface area contributed by atoms with Crippen LogP contribution in [-0.2, 0) is 13.1 Å². The fourth-order valence-electron chi connectivity index (χ4n) is 1.61. The fourth-order valence-corrected chi connectivity index (χ4v) is 1.61. The van der Waals surface area contributed by atoms with Gasteiger partial charge < -0.3 is 11.1 Å². The summed E-state index contributed by atoms with van der Waals surface area (Å²) in [7, 11) is 0. The van der Waals surface area contributed by atoms with Gasteiger partial charge in [0.2, 0.25) is 0 Å². The lowest BCUT2D eigenvalue weighted by Crippen LogP contribution is -2.04. The predicted octanol–water partition coefficient (Wildman–Crippen LogP) is 1.86. The highest BCUT2D eigenvalue weighted by atomic mass is 15.2. The minimum absolute atomic E-state index is 0.568. The summed E-state index contributed by atoms with van der Waals surface area (Å²) in [6, 6.07) is 10.2. The molecule has 0 bridgehead atoms. The van der Waals surface area contributed by atoms with Gasteiger partial charge in [0.1, 0.15) is 5.82 Å². The standard InChI is InChI=1S/C13H16N4/c1-10-5-13(17-16-8-10)15-9-12-4-2-3-11(6-12)7-14/h2-6,8H,7,9,14H2,1H3,(H,15,17). The van der Waals surface area contributed by atoms with E-state index in [0.717, 1.165) is 23.5 Å². The molecule has 4 heteroatoms. The van der Waals surface area contributed by atoms with Gasteiger partial charge in [-0.15, -0.1) is 5.10 Å². The van der Waals surface area contributed by atoms with Crippen molar-refractivity contribution in [3.8, 4) is 0 Å². The van der Waals surface area contributed by atoms with Gasteiger partial charge in [0, 0.05) is 13.1 Å². The van der Waals surface area contributed by atoms with Crippen molar-refractivity contribution >= 4 is 5.82 Å². The van der Waals surface area contributed by atoms with E-state index in [1.807, 2.05) is 25.1 Å². The van der Waals surface area contributed by atoms with E-state index in [1.54, 1.807) is 6.20 Å². The third-order valence-electron chi connectivity index (χ3n) is 2.49. The number of nitrogens with zero attached hydrogens (tertiary/aromatic N) is 2. The number of hydrogen-bond acceptors (Lipinski definition) is 4. The van der Waals surface area contributed by atoms with Crippen LogP contribution in [0.25, 0.3) is 0 Å². The minimum atomic E-state index is 0.568. The monoisotopic (exact) mass is 228 g/mol. The number of rotatable bonds is 4. The molecule has 3 N–H and O–H groups in total. The predicted molar refractivity (Wildman–Crippen MR) is 68.4 cm³/mol. The summed E-state index contributed by atoms with van der Waals surface area (Å²) in [5.41, 5.74) is 9.03. The molecule has 0 aliphatic heterocycles. The van der Waals surface area contributed by atoms with Crippen LogP contribution in [0.2, 0.25) is 0 Å². The van der Waals surface area contributed by atoms with E-state index in [9.17, 15) is 0 Å². The Kier molecular flexibility index (Phi) is 3.67. The van der Waals surface area contributed by atoms with Gasteiger partial charge in [0.15, 0.2) is 0 Å². The van der Waals surface area contributed by atoms with E-state index in [-0.39, 0.29) is 0 Å². The molecule has 1 aromatic heterocycles. The molecule has 4 nitrogen and oxygen atoms in total. The SMILES string of the molecule is Cc1cnnc(NCc2cccc(CN)c2)c1. The van der Waals surface area contributed by atoms with Gasteiger partial charge in [0.05, 0.1) is 6.20 Å². The third-order valence-corrected chi connectivity index (χ3v) is 2.49. The number of benzene rings is 1. The maximum atomic E-state index is 5.60. The molecule has 0 aliphatic rings. The van der Waals surface area contributed by atoms with Crippen LogP contribution in [0.15, 0.2) is 36.5 Å². The fraction of sp³-hybridized carbons (Fsp3) is 0.231. The quantitative estimate of drug-likeness (QED) is 0.838. The Labute approximate surface area is 101 Å². The van der Waals surface area contributed by atoms with E-state index >= 15 is 0 Å². The highest BCUT2D eigenvalue weighted by molar-refractivity contribution is 5.36. The molecule has 0 spiro atoms. The van der Waals surface area contributed by atoms with Crippen LogP contribution >= 0.6 is 0 Å². The Bertz CT molecular complexity index is 496. The van der Waals surface area contributed by atoms with Crippen molar-refractivity contribution in [2.75, 3.05) is 5.32 Å². The number of nitrogens with one attached hydrogen (secondary N) is 1. The average molecular weight is 228 g/mol. The molecular weight excluding hydrogens is 212 g/mol. The summed E-state index contributed by atoms with van der Waals surface area (Å²) in [5.74, 6) is 0.795. The van der Waals surface area contributed by atoms with Crippen LogP contribution in [0.4, 0.5) is 5.82 Å². The Hall–Kier alpha value is -1.94. The molecule has 0 aliphatic carbocycles. The second kappa shape index (κ2) is 5.41. The van der Waals surface area contributed by atoms with Crippen molar-refractivity contribution in [2.45, 2.75) is 20.0 Å². The lowest BCUT2D eigenvalue weighted by Gasteiger charge is -2.06. The van der Waals surface area contributed by atoms with Crippen LogP contribution in [0.3, 0.4) is 0 Å². The number of aryl methyl sites for hydroxylation is 1. The van der Waals surface area contributed by atoms with Gasteiger partial charge in [0.25, 0.3) is 0 Å². The van der Waals surface area contributed by atoms with Gasteiger partial charge >= 0.3 is 0 Å². The molecular formula is C13H16N4. The van der Waals surface area contributed by atoms with Gasteiger partial charge in [-0.05, 0) is 29.7 Å². The molecule has 0 radical (unpaired) electrons. The summed E-state index contributed by atoms with van der Waals surface area (Å²) in [4.78, 5) is 0. The normalized spacial score (nSPS) is 10.2. The zero-order chi connectivity index (χ0) is 12.1. The topological polar surface area (TPSA) is 63.8 Å². The maximum absolute atomic E-state index is 5.60. The first-order chi connectivity index (χ1) is 8.28. The van der Waals surface area contributed by atoms with Crippen molar-refractivity contribution in [2.24, 2.45) is 5.73 Å². The van der Waals surface area contributed by atoms with Crippen LogP contribution in [0, 0.1) is 6.92 Å². The molecule has 0 amide bonds. The third kappa shape index (κ3) is 3.26. The Morgan fingerprint density at radius 1 is 1.24 bits per heavy atom. The van der Waals surface area contributed by atoms with Crippen LogP contribution < -0.4 is 11.1 Å². The minimum Gasteiger partial charge on any atom is -0.364 e. The highest BCUT2D eigenvalue weighted by Crippen LogP contribution is 2.08. The first-order valence-electron chi connectivity index (χ1n) is 5.59. The smallest absolute Gasteiger partial charge is 0.149 e. The van der Waals surface area contributed by atoms with Gasteiger partial charge in [-0.3, -0.25) is 0 Å². The molecule has 0 atom stereocenters. The molecule has 0 fully saturated rings. The largest absolute Gasteiger partial charge is 0.364 e. The second-order valence-electron chi connectivity index (χ2n) is 4.00. The van der Waals surface area contributed by atoms with Crippen molar-refractivity contribution in [3.05, 3.63) is 53.2 Å². The molecule has 2 aromatic rings. The summed E-state index contributed by atoms with van der Waals surface area (Å²) in [6.07, 6.45) is 1.74. The lowest BCUT2D eigenvalue weighted by atomic mass is 10.1. The van der Waals surface area contributed by atoms with E-state index in [4.69, 9.17) is 5.73 Å². The summed E-state index contributed by atoms with van der Waals surface area (Å²) in [5, 5.41) is 11.1. The van der Waals surface area contributed by atoms with Crippen LogP contribution in [0.1, 0.15) is 16.7 Å². The van der Waals surface area contributed by atoms with E-state index in [2.05, 4.69) is 27.6 Å².